The molecular formula is C13H8F3NO2. The van der Waals surface area contributed by atoms with Gasteiger partial charge in [-0.15, -0.1) is 0 Å². The zero-order chi connectivity index (χ0) is 13.8. The number of carbonyl (C=O) groups excluding carboxylic acids is 1. The number of furan rings is 1. The smallest absolute Gasteiger partial charge is 0.248 e. The van der Waals surface area contributed by atoms with E-state index in [0.29, 0.717) is 17.9 Å². The molecule has 0 aliphatic rings. The molecule has 1 aromatic carbocycles. The largest absolute Gasteiger partial charge is 0.465 e. The van der Waals surface area contributed by atoms with E-state index >= 15 is 0 Å². The van der Waals surface area contributed by atoms with Crippen LogP contribution in [0.15, 0.2) is 41.0 Å². The van der Waals surface area contributed by atoms with Gasteiger partial charge in [-0.05, 0) is 18.2 Å². The Labute approximate surface area is 106 Å². The maximum Gasteiger partial charge on any atom is 0.248 e. The molecule has 19 heavy (non-hydrogen) atoms. The lowest BCUT2D eigenvalue weighted by Crippen LogP contribution is -2.10. The van der Waals surface area contributed by atoms with E-state index in [0.717, 1.165) is 6.08 Å². The van der Waals surface area contributed by atoms with Crippen LogP contribution in [0.5, 0.6) is 0 Å². The maximum atomic E-state index is 13.2. The predicted molar refractivity (Wildman–Crippen MR) is 62.7 cm³/mol. The van der Waals surface area contributed by atoms with Crippen molar-refractivity contribution >= 4 is 17.7 Å². The van der Waals surface area contributed by atoms with E-state index in [9.17, 15) is 18.0 Å². The van der Waals surface area contributed by atoms with Gasteiger partial charge in [0.1, 0.15) is 11.6 Å². The molecule has 0 fully saturated rings. The molecule has 6 heteroatoms. The second kappa shape index (κ2) is 5.43. The van der Waals surface area contributed by atoms with Crippen molar-refractivity contribution in [3.8, 4) is 0 Å². The number of hydrogen-bond donors (Lipinski definition) is 1. The summed E-state index contributed by atoms with van der Waals surface area (Å²) in [6.45, 7) is 0. The van der Waals surface area contributed by atoms with Crippen molar-refractivity contribution < 1.29 is 22.4 Å². The summed E-state index contributed by atoms with van der Waals surface area (Å²) in [5, 5.41) is 2.09. The van der Waals surface area contributed by atoms with Crippen LogP contribution in [-0.2, 0) is 4.79 Å². The van der Waals surface area contributed by atoms with Gasteiger partial charge in [0.15, 0.2) is 11.6 Å². The van der Waals surface area contributed by atoms with E-state index in [1.807, 2.05) is 0 Å². The molecule has 0 spiro atoms. The summed E-state index contributed by atoms with van der Waals surface area (Å²) in [7, 11) is 0. The standard InChI is InChI=1S/C13H8F3NO2/c14-9-6-11(16)12(7-10(9)15)17-13(18)4-3-8-2-1-5-19-8/h1-7H,(H,17,18). The SMILES string of the molecule is O=C(C=Cc1ccco1)Nc1cc(F)c(F)cc1F. The molecule has 0 bridgehead atoms. The van der Waals surface area contributed by atoms with Crippen LogP contribution in [0.2, 0.25) is 0 Å². The lowest BCUT2D eigenvalue weighted by Gasteiger charge is -2.04. The van der Waals surface area contributed by atoms with Gasteiger partial charge in [0.05, 0.1) is 12.0 Å². The second-order valence-corrected chi connectivity index (χ2v) is 3.58. The first kappa shape index (κ1) is 12.9. The Bertz CT molecular complexity index is 621. The molecule has 0 saturated heterocycles. The maximum absolute atomic E-state index is 13.2. The molecule has 98 valence electrons. The van der Waals surface area contributed by atoms with E-state index < -0.39 is 29.0 Å². The predicted octanol–water partition coefficient (Wildman–Crippen LogP) is 3.35. The van der Waals surface area contributed by atoms with Gasteiger partial charge in [0.2, 0.25) is 5.91 Å². The molecule has 1 aromatic heterocycles. The van der Waals surface area contributed by atoms with Crippen LogP contribution in [-0.4, -0.2) is 5.91 Å². The minimum absolute atomic E-state index is 0.362. The summed E-state index contributed by atoms with van der Waals surface area (Å²) in [5.74, 6) is -3.88. The van der Waals surface area contributed by atoms with E-state index in [-0.39, 0.29) is 0 Å². The zero-order valence-corrected chi connectivity index (χ0v) is 9.49. The lowest BCUT2D eigenvalue weighted by molar-refractivity contribution is -0.111. The van der Waals surface area contributed by atoms with Crippen molar-refractivity contribution in [1.82, 2.24) is 0 Å². The van der Waals surface area contributed by atoms with Crippen LogP contribution in [0.25, 0.3) is 6.08 Å². The fourth-order valence-electron chi connectivity index (χ4n) is 1.34. The number of anilines is 1. The number of amides is 1. The van der Waals surface area contributed by atoms with Crippen molar-refractivity contribution in [2.45, 2.75) is 0 Å². The van der Waals surface area contributed by atoms with Crippen molar-refractivity contribution in [3.63, 3.8) is 0 Å². The molecule has 1 amide bonds. The van der Waals surface area contributed by atoms with Crippen molar-refractivity contribution in [2.24, 2.45) is 0 Å². The Morgan fingerprint density at radius 1 is 1.16 bits per heavy atom. The van der Waals surface area contributed by atoms with Crippen LogP contribution < -0.4 is 5.32 Å². The van der Waals surface area contributed by atoms with E-state index in [2.05, 4.69) is 5.32 Å². The van der Waals surface area contributed by atoms with Gasteiger partial charge in [-0.2, -0.15) is 0 Å². The quantitative estimate of drug-likeness (QED) is 0.684. The van der Waals surface area contributed by atoms with Gasteiger partial charge in [-0.25, -0.2) is 13.2 Å². The highest BCUT2D eigenvalue weighted by Gasteiger charge is 2.11. The number of nitrogens with one attached hydrogen (secondary N) is 1. The highest BCUT2D eigenvalue weighted by Crippen LogP contribution is 2.18. The van der Waals surface area contributed by atoms with Crippen LogP contribution in [0.1, 0.15) is 5.76 Å². The first-order valence-corrected chi connectivity index (χ1v) is 5.23. The van der Waals surface area contributed by atoms with Gasteiger partial charge >= 0.3 is 0 Å². The van der Waals surface area contributed by atoms with Gasteiger partial charge in [0, 0.05) is 18.2 Å². The first-order valence-electron chi connectivity index (χ1n) is 5.23. The highest BCUT2D eigenvalue weighted by atomic mass is 19.2. The fourth-order valence-corrected chi connectivity index (χ4v) is 1.34. The Morgan fingerprint density at radius 3 is 2.58 bits per heavy atom. The van der Waals surface area contributed by atoms with Crippen LogP contribution in [0.4, 0.5) is 18.9 Å². The summed E-state index contributed by atoms with van der Waals surface area (Å²) < 4.78 is 43.8. The van der Waals surface area contributed by atoms with Crippen molar-refractivity contribution in [2.75, 3.05) is 5.32 Å². The molecular weight excluding hydrogens is 259 g/mol. The van der Waals surface area contributed by atoms with E-state index in [4.69, 9.17) is 4.42 Å². The molecule has 0 aliphatic carbocycles. The third-order valence-corrected chi connectivity index (χ3v) is 2.21. The average Bonchev–Trinajstić information content (AvgIpc) is 2.86. The number of rotatable bonds is 3. The number of carbonyl (C=O) groups is 1. The topological polar surface area (TPSA) is 42.2 Å². The number of halogens is 3. The Hall–Kier alpha value is -2.50. The van der Waals surface area contributed by atoms with E-state index in [1.54, 1.807) is 12.1 Å². The summed E-state index contributed by atoms with van der Waals surface area (Å²) >= 11 is 0. The summed E-state index contributed by atoms with van der Waals surface area (Å²) in [5.41, 5.74) is -0.437. The monoisotopic (exact) mass is 267 g/mol. The average molecular weight is 267 g/mol. The summed E-state index contributed by atoms with van der Waals surface area (Å²) in [4.78, 5) is 11.4. The highest BCUT2D eigenvalue weighted by molar-refractivity contribution is 6.01. The Kier molecular flexibility index (Phi) is 3.70. The van der Waals surface area contributed by atoms with Gasteiger partial charge in [0.25, 0.3) is 0 Å². The molecule has 1 heterocycles. The summed E-state index contributed by atoms with van der Waals surface area (Å²) in [6, 6.07) is 4.18. The molecule has 1 N–H and O–H groups in total. The van der Waals surface area contributed by atoms with Gasteiger partial charge < -0.3 is 9.73 Å². The molecule has 0 atom stereocenters. The molecule has 0 radical (unpaired) electrons. The zero-order valence-electron chi connectivity index (χ0n) is 9.49. The minimum Gasteiger partial charge on any atom is -0.465 e. The molecule has 0 aliphatic heterocycles. The number of benzene rings is 1. The van der Waals surface area contributed by atoms with Crippen molar-refractivity contribution in [3.05, 3.63) is 59.8 Å². The van der Waals surface area contributed by atoms with Crippen molar-refractivity contribution in [1.29, 1.82) is 0 Å². The minimum atomic E-state index is -1.32. The van der Waals surface area contributed by atoms with Crippen LogP contribution in [0.3, 0.4) is 0 Å². The third-order valence-electron chi connectivity index (χ3n) is 2.21. The third kappa shape index (κ3) is 3.25. The lowest BCUT2D eigenvalue weighted by atomic mass is 10.2. The fraction of sp³-hybridized carbons (Fsp3) is 0. The second-order valence-electron chi connectivity index (χ2n) is 3.58. The summed E-state index contributed by atoms with van der Waals surface area (Å²) in [6.07, 6.45) is 3.86. The van der Waals surface area contributed by atoms with Crippen LogP contribution in [0, 0.1) is 17.5 Å². The molecule has 0 saturated carbocycles. The molecule has 0 unspecified atom stereocenters. The normalized spacial score (nSPS) is 10.9. The first-order chi connectivity index (χ1) is 9.06. The Balaban J connectivity index is 2.09. The Morgan fingerprint density at radius 2 is 1.89 bits per heavy atom. The van der Waals surface area contributed by atoms with Gasteiger partial charge in [-0.3, -0.25) is 4.79 Å². The molecule has 2 rings (SSSR count). The molecule has 3 nitrogen and oxygen atoms in total. The van der Waals surface area contributed by atoms with Crippen LogP contribution >= 0.6 is 0 Å². The van der Waals surface area contributed by atoms with E-state index in [1.165, 1.54) is 12.3 Å². The van der Waals surface area contributed by atoms with Gasteiger partial charge in [-0.1, -0.05) is 0 Å². The molecule has 2 aromatic rings. The number of hydrogen-bond acceptors (Lipinski definition) is 2.